The van der Waals surface area contributed by atoms with E-state index in [1.807, 2.05) is 0 Å². The Labute approximate surface area is 182 Å². The zero-order valence-electron chi connectivity index (χ0n) is 17.8. The van der Waals surface area contributed by atoms with Gasteiger partial charge in [0.05, 0.1) is 11.4 Å². The first kappa shape index (κ1) is 22.8. The fraction of sp³-hybridized carbons (Fsp3) is 0.364. The van der Waals surface area contributed by atoms with Gasteiger partial charge in [-0.2, -0.15) is 4.31 Å². The molecule has 8 nitrogen and oxygen atoms in total. The van der Waals surface area contributed by atoms with Crippen molar-refractivity contribution >= 4 is 33.2 Å². The van der Waals surface area contributed by atoms with Gasteiger partial charge < -0.3 is 16.4 Å². The average Bonchev–Trinajstić information content (AvgIpc) is 2.75. The number of nitrogens with one attached hydrogen (secondary N) is 2. The highest BCUT2D eigenvalue weighted by Crippen LogP contribution is 2.25. The molecule has 2 amide bonds. The van der Waals surface area contributed by atoms with Crippen LogP contribution in [0.3, 0.4) is 0 Å². The number of carbonyl (C=O) groups excluding carboxylic acids is 2. The Morgan fingerprint density at radius 1 is 1.03 bits per heavy atom. The van der Waals surface area contributed by atoms with Gasteiger partial charge in [0.25, 0.3) is 0 Å². The van der Waals surface area contributed by atoms with E-state index in [0.29, 0.717) is 35.6 Å². The number of benzene rings is 2. The lowest BCUT2D eigenvalue weighted by molar-refractivity contribution is -0.114. The molecule has 31 heavy (non-hydrogen) atoms. The van der Waals surface area contributed by atoms with Crippen LogP contribution >= 0.6 is 0 Å². The van der Waals surface area contributed by atoms with E-state index >= 15 is 0 Å². The Balaban J connectivity index is 1.71. The number of piperidine rings is 1. The molecule has 9 heteroatoms. The Morgan fingerprint density at radius 2 is 1.74 bits per heavy atom. The van der Waals surface area contributed by atoms with E-state index in [4.69, 9.17) is 5.73 Å². The lowest BCUT2D eigenvalue weighted by Crippen LogP contribution is -2.35. The fourth-order valence-corrected chi connectivity index (χ4v) is 5.16. The Kier molecular flexibility index (Phi) is 6.97. The summed E-state index contributed by atoms with van der Waals surface area (Å²) in [6.45, 7) is 4.54. The van der Waals surface area contributed by atoms with E-state index < -0.39 is 15.9 Å². The van der Waals surface area contributed by atoms with Crippen LogP contribution in [0, 0.1) is 13.8 Å². The van der Waals surface area contributed by atoms with E-state index in [9.17, 15) is 18.0 Å². The molecule has 0 unspecified atom stereocenters. The van der Waals surface area contributed by atoms with E-state index in [-0.39, 0.29) is 17.3 Å². The summed E-state index contributed by atoms with van der Waals surface area (Å²) in [5.74, 6) is -0.868. The highest BCUT2D eigenvalue weighted by Gasteiger charge is 2.26. The van der Waals surface area contributed by atoms with E-state index in [2.05, 4.69) is 10.6 Å². The summed E-state index contributed by atoms with van der Waals surface area (Å²) in [6, 6.07) is 9.85. The number of hydrogen-bond acceptors (Lipinski definition) is 5. The number of hydrogen-bond donors (Lipinski definition) is 3. The van der Waals surface area contributed by atoms with Crippen molar-refractivity contribution < 1.29 is 18.0 Å². The van der Waals surface area contributed by atoms with Crippen LogP contribution in [-0.2, 0) is 14.8 Å². The third kappa shape index (κ3) is 5.23. The Bertz CT molecular complexity index is 1090. The molecule has 1 aliphatic rings. The second-order valence-corrected chi connectivity index (χ2v) is 9.62. The first-order chi connectivity index (χ1) is 14.7. The summed E-state index contributed by atoms with van der Waals surface area (Å²) < 4.78 is 27.4. The number of carbonyl (C=O) groups is 2. The van der Waals surface area contributed by atoms with Crippen molar-refractivity contribution in [3.63, 3.8) is 0 Å². The molecule has 0 aromatic heterocycles. The van der Waals surface area contributed by atoms with Gasteiger partial charge in [-0.25, -0.2) is 8.42 Å². The number of anilines is 2. The molecule has 2 aromatic carbocycles. The Morgan fingerprint density at radius 3 is 2.42 bits per heavy atom. The monoisotopic (exact) mass is 444 g/mol. The van der Waals surface area contributed by atoms with Crippen LogP contribution in [0.2, 0.25) is 0 Å². The molecule has 0 atom stereocenters. The normalized spacial score (nSPS) is 14.8. The lowest BCUT2D eigenvalue weighted by Gasteiger charge is -2.26. The fourth-order valence-electron chi connectivity index (χ4n) is 3.61. The number of amides is 2. The molecule has 0 radical (unpaired) electrons. The molecule has 0 saturated carbocycles. The summed E-state index contributed by atoms with van der Waals surface area (Å²) in [7, 11) is -3.59. The number of nitrogens with zero attached hydrogens (tertiary/aromatic N) is 1. The first-order valence-corrected chi connectivity index (χ1v) is 11.7. The van der Waals surface area contributed by atoms with Gasteiger partial charge in [0.15, 0.2) is 0 Å². The molecular formula is C22H28N4O4S. The van der Waals surface area contributed by atoms with Gasteiger partial charge in [-0.3, -0.25) is 9.59 Å². The molecule has 0 bridgehead atoms. The predicted molar refractivity (Wildman–Crippen MR) is 121 cm³/mol. The summed E-state index contributed by atoms with van der Waals surface area (Å²) in [4.78, 5) is 24.2. The average molecular weight is 445 g/mol. The van der Waals surface area contributed by atoms with E-state index in [1.54, 1.807) is 44.2 Å². The second kappa shape index (κ2) is 9.49. The molecule has 1 fully saturated rings. The van der Waals surface area contributed by atoms with Crippen LogP contribution in [0.4, 0.5) is 11.4 Å². The van der Waals surface area contributed by atoms with Crippen LogP contribution < -0.4 is 16.4 Å². The molecule has 1 aliphatic heterocycles. The largest absolute Gasteiger partial charge is 0.376 e. The van der Waals surface area contributed by atoms with E-state index in [1.165, 1.54) is 10.4 Å². The number of aryl methyl sites for hydroxylation is 1. The van der Waals surface area contributed by atoms with E-state index in [0.717, 1.165) is 24.8 Å². The number of nitrogens with two attached hydrogens (primary N) is 1. The number of sulfonamides is 1. The minimum absolute atomic E-state index is 0.0500. The summed E-state index contributed by atoms with van der Waals surface area (Å²) in [6.07, 6.45) is 2.75. The highest BCUT2D eigenvalue weighted by molar-refractivity contribution is 7.89. The highest BCUT2D eigenvalue weighted by atomic mass is 32.2. The molecule has 1 saturated heterocycles. The minimum atomic E-state index is -3.59. The van der Waals surface area contributed by atoms with Gasteiger partial charge in [0.2, 0.25) is 21.8 Å². The van der Waals surface area contributed by atoms with Crippen LogP contribution in [0.25, 0.3) is 0 Å². The van der Waals surface area contributed by atoms with Crippen LogP contribution in [0.5, 0.6) is 0 Å². The van der Waals surface area contributed by atoms with Gasteiger partial charge in [0, 0.05) is 30.0 Å². The minimum Gasteiger partial charge on any atom is -0.376 e. The van der Waals surface area contributed by atoms with Crippen molar-refractivity contribution in [2.45, 2.75) is 38.0 Å². The zero-order valence-corrected chi connectivity index (χ0v) is 18.6. The molecule has 1 heterocycles. The molecule has 4 N–H and O–H groups in total. The maximum atomic E-state index is 12.9. The third-order valence-electron chi connectivity index (χ3n) is 5.47. The number of primary amides is 1. The van der Waals surface area contributed by atoms with Crippen molar-refractivity contribution in [2.24, 2.45) is 5.73 Å². The molecule has 0 spiro atoms. The quantitative estimate of drug-likeness (QED) is 0.606. The zero-order chi connectivity index (χ0) is 22.6. The molecule has 2 aromatic rings. The maximum absolute atomic E-state index is 12.9. The summed E-state index contributed by atoms with van der Waals surface area (Å²) in [5, 5.41) is 5.77. The standard InChI is InChI=1S/C22H28N4O4S/c1-15-9-10-17(31(29,30)26-11-4-3-5-12-26)13-20(15)25-21(27)14-24-19-8-6-7-18(16(19)2)22(23)28/h6-10,13,24H,3-5,11-12,14H2,1-2H3,(H2,23,28)(H,25,27). The van der Waals surface area contributed by atoms with Gasteiger partial charge in [0.1, 0.15) is 0 Å². The topological polar surface area (TPSA) is 122 Å². The van der Waals surface area contributed by atoms with Crippen molar-refractivity contribution in [1.29, 1.82) is 0 Å². The summed E-state index contributed by atoms with van der Waals surface area (Å²) in [5.41, 5.74) is 8.25. The lowest BCUT2D eigenvalue weighted by atomic mass is 10.1. The van der Waals surface area contributed by atoms with Crippen LogP contribution in [0.1, 0.15) is 40.7 Å². The summed E-state index contributed by atoms with van der Waals surface area (Å²) >= 11 is 0. The SMILES string of the molecule is Cc1ccc(S(=O)(=O)N2CCCCC2)cc1NC(=O)CNc1cccc(C(N)=O)c1C. The van der Waals surface area contributed by atoms with Gasteiger partial charge in [-0.05, 0) is 62.1 Å². The first-order valence-electron chi connectivity index (χ1n) is 10.2. The second-order valence-electron chi connectivity index (χ2n) is 7.69. The van der Waals surface area contributed by atoms with Crippen LogP contribution in [-0.4, -0.2) is 44.2 Å². The van der Waals surface area contributed by atoms with Crippen molar-refractivity contribution in [1.82, 2.24) is 4.31 Å². The van der Waals surface area contributed by atoms with Crippen molar-refractivity contribution in [2.75, 3.05) is 30.3 Å². The molecule has 3 rings (SSSR count). The number of rotatable bonds is 7. The molecule has 0 aliphatic carbocycles. The smallest absolute Gasteiger partial charge is 0.249 e. The Hall–Kier alpha value is -2.91. The molecule has 166 valence electrons. The predicted octanol–water partition coefficient (Wildman–Crippen LogP) is 2.63. The maximum Gasteiger partial charge on any atom is 0.249 e. The third-order valence-corrected chi connectivity index (χ3v) is 7.37. The molecular weight excluding hydrogens is 416 g/mol. The van der Waals surface area contributed by atoms with Crippen LogP contribution in [0.15, 0.2) is 41.3 Å². The van der Waals surface area contributed by atoms with Gasteiger partial charge in [-0.1, -0.05) is 18.6 Å². The van der Waals surface area contributed by atoms with Gasteiger partial charge >= 0.3 is 0 Å². The van der Waals surface area contributed by atoms with Crippen molar-refractivity contribution in [3.8, 4) is 0 Å². The van der Waals surface area contributed by atoms with Crippen molar-refractivity contribution in [3.05, 3.63) is 53.1 Å². The van der Waals surface area contributed by atoms with Gasteiger partial charge in [-0.15, -0.1) is 0 Å².